The van der Waals surface area contributed by atoms with Crippen molar-refractivity contribution in [1.29, 1.82) is 0 Å². The average Bonchev–Trinajstić information content (AvgIpc) is 2.93. The van der Waals surface area contributed by atoms with E-state index in [2.05, 4.69) is 49.5 Å². The van der Waals surface area contributed by atoms with Crippen molar-refractivity contribution in [2.45, 2.75) is 38.3 Å². The zero-order valence-electron chi connectivity index (χ0n) is 12.9. The normalized spacial score (nSPS) is 24.2. The van der Waals surface area contributed by atoms with Crippen LogP contribution >= 0.6 is 0 Å². The molecule has 1 aromatic rings. The van der Waals surface area contributed by atoms with Crippen molar-refractivity contribution in [3.05, 3.63) is 35.9 Å². The van der Waals surface area contributed by atoms with Gasteiger partial charge in [-0.15, -0.1) is 0 Å². The molecule has 1 heterocycles. The third-order valence-corrected chi connectivity index (χ3v) is 4.08. The number of nitrogens with one attached hydrogen (secondary N) is 1. The molecule has 1 fully saturated rings. The maximum Gasteiger partial charge on any atom is 0.106 e. The van der Waals surface area contributed by atoms with Crippen LogP contribution in [0, 0.1) is 5.92 Å². The third kappa shape index (κ3) is 4.05. The van der Waals surface area contributed by atoms with Gasteiger partial charge in [0, 0.05) is 32.7 Å². The predicted octanol–water partition coefficient (Wildman–Crippen LogP) is 3.17. The van der Waals surface area contributed by atoms with Crippen LogP contribution < -0.4 is 5.32 Å². The average molecular weight is 277 g/mol. The van der Waals surface area contributed by atoms with E-state index in [1.54, 1.807) is 7.11 Å². The second-order valence-electron chi connectivity index (χ2n) is 6.16. The maximum absolute atomic E-state index is 5.70. The molecule has 3 nitrogen and oxygen atoms in total. The summed E-state index contributed by atoms with van der Waals surface area (Å²) in [6, 6.07) is 11.1. The van der Waals surface area contributed by atoms with Gasteiger partial charge in [0.25, 0.3) is 0 Å². The van der Waals surface area contributed by atoms with Gasteiger partial charge in [-0.25, -0.2) is 0 Å². The van der Waals surface area contributed by atoms with Gasteiger partial charge in [-0.1, -0.05) is 44.2 Å². The highest BCUT2D eigenvalue weighted by atomic mass is 16.5. The highest BCUT2D eigenvalue weighted by molar-refractivity contribution is 5.19. The van der Waals surface area contributed by atoms with Crippen LogP contribution in [0.2, 0.25) is 0 Å². The van der Waals surface area contributed by atoms with E-state index in [1.807, 2.05) is 0 Å². The molecule has 112 valence electrons. The van der Waals surface area contributed by atoms with Crippen LogP contribution in [0.5, 0.6) is 0 Å². The Hall–Kier alpha value is -0.900. The van der Waals surface area contributed by atoms with Crippen molar-refractivity contribution >= 4 is 0 Å². The Bertz CT molecular complexity index is 385. The fraction of sp³-hybridized carbons (Fsp3) is 0.647. The lowest BCUT2D eigenvalue weighted by Gasteiger charge is -2.30. The zero-order valence-corrected chi connectivity index (χ0v) is 12.9. The SMILES string of the molecule is COC1(CNC(CC(C)C)c2ccccc2)CCOC1. The number of methoxy groups -OCH3 is 1. The minimum atomic E-state index is -0.149. The van der Waals surface area contributed by atoms with Crippen LogP contribution in [0.4, 0.5) is 0 Å². The molecule has 2 rings (SSSR count). The van der Waals surface area contributed by atoms with Crippen LogP contribution in [0.15, 0.2) is 30.3 Å². The molecule has 1 aliphatic heterocycles. The predicted molar refractivity (Wildman–Crippen MR) is 81.8 cm³/mol. The lowest BCUT2D eigenvalue weighted by atomic mass is 9.95. The zero-order chi connectivity index (χ0) is 14.4. The molecule has 0 radical (unpaired) electrons. The Morgan fingerprint density at radius 2 is 2.05 bits per heavy atom. The Morgan fingerprint density at radius 3 is 2.60 bits per heavy atom. The van der Waals surface area contributed by atoms with Crippen molar-refractivity contribution < 1.29 is 9.47 Å². The molecular formula is C17H27NO2. The first kappa shape index (κ1) is 15.5. The van der Waals surface area contributed by atoms with Gasteiger partial charge in [0.1, 0.15) is 5.60 Å². The lowest BCUT2D eigenvalue weighted by molar-refractivity contribution is -0.0179. The van der Waals surface area contributed by atoms with Gasteiger partial charge in [-0.05, 0) is 17.9 Å². The van der Waals surface area contributed by atoms with Crippen molar-refractivity contribution in [1.82, 2.24) is 5.32 Å². The van der Waals surface area contributed by atoms with Crippen molar-refractivity contribution in [2.24, 2.45) is 5.92 Å². The minimum absolute atomic E-state index is 0.149. The first-order chi connectivity index (χ1) is 9.65. The monoisotopic (exact) mass is 277 g/mol. The summed E-state index contributed by atoms with van der Waals surface area (Å²) in [5, 5.41) is 3.70. The summed E-state index contributed by atoms with van der Waals surface area (Å²) in [4.78, 5) is 0. The lowest BCUT2D eigenvalue weighted by Crippen LogP contribution is -2.44. The molecule has 2 unspecified atom stereocenters. The van der Waals surface area contributed by atoms with Gasteiger partial charge >= 0.3 is 0 Å². The molecular weight excluding hydrogens is 250 g/mol. The number of ether oxygens (including phenoxy) is 2. The molecule has 20 heavy (non-hydrogen) atoms. The van der Waals surface area contributed by atoms with Crippen molar-refractivity contribution in [2.75, 3.05) is 26.9 Å². The molecule has 2 atom stereocenters. The van der Waals surface area contributed by atoms with Crippen molar-refractivity contribution in [3.63, 3.8) is 0 Å². The van der Waals surface area contributed by atoms with Gasteiger partial charge in [0.15, 0.2) is 0 Å². The summed E-state index contributed by atoms with van der Waals surface area (Å²) in [7, 11) is 1.79. The summed E-state index contributed by atoms with van der Waals surface area (Å²) >= 11 is 0. The molecule has 0 aliphatic carbocycles. The molecule has 1 saturated heterocycles. The molecule has 0 bridgehead atoms. The van der Waals surface area contributed by atoms with E-state index in [4.69, 9.17) is 9.47 Å². The second-order valence-corrected chi connectivity index (χ2v) is 6.16. The largest absolute Gasteiger partial charge is 0.378 e. The van der Waals surface area contributed by atoms with Crippen LogP contribution in [0.3, 0.4) is 0 Å². The van der Waals surface area contributed by atoms with Gasteiger partial charge in [0.05, 0.1) is 6.61 Å². The van der Waals surface area contributed by atoms with E-state index in [0.29, 0.717) is 18.6 Å². The molecule has 3 heteroatoms. The molecule has 0 amide bonds. The quantitative estimate of drug-likeness (QED) is 0.830. The Morgan fingerprint density at radius 1 is 1.30 bits per heavy atom. The topological polar surface area (TPSA) is 30.5 Å². The summed E-state index contributed by atoms with van der Waals surface area (Å²) in [6.07, 6.45) is 2.10. The number of hydrogen-bond acceptors (Lipinski definition) is 3. The number of hydrogen-bond donors (Lipinski definition) is 1. The highest BCUT2D eigenvalue weighted by Gasteiger charge is 2.35. The number of rotatable bonds is 7. The number of benzene rings is 1. The Balaban J connectivity index is 2.01. The standard InChI is InChI=1S/C17H27NO2/c1-14(2)11-16(15-7-5-4-6-8-15)18-12-17(19-3)9-10-20-13-17/h4-8,14,16,18H,9-13H2,1-3H3. The van der Waals surface area contributed by atoms with Gasteiger partial charge in [-0.2, -0.15) is 0 Å². The van der Waals surface area contributed by atoms with Crippen LogP contribution in [0.25, 0.3) is 0 Å². The first-order valence-electron chi connectivity index (χ1n) is 7.56. The molecule has 1 aromatic carbocycles. The summed E-state index contributed by atoms with van der Waals surface area (Å²) < 4.78 is 11.2. The highest BCUT2D eigenvalue weighted by Crippen LogP contribution is 2.25. The fourth-order valence-corrected chi connectivity index (χ4v) is 2.76. The van der Waals surface area contributed by atoms with E-state index >= 15 is 0 Å². The van der Waals surface area contributed by atoms with Crippen molar-refractivity contribution in [3.8, 4) is 0 Å². The molecule has 1 aliphatic rings. The Labute approximate surface area is 122 Å². The maximum atomic E-state index is 5.70. The molecule has 0 spiro atoms. The minimum Gasteiger partial charge on any atom is -0.378 e. The summed E-state index contributed by atoms with van der Waals surface area (Å²) in [5.41, 5.74) is 1.20. The molecule has 0 saturated carbocycles. The Kier molecular flexibility index (Phi) is 5.58. The molecule has 0 aromatic heterocycles. The van der Waals surface area contributed by atoms with E-state index in [9.17, 15) is 0 Å². The van der Waals surface area contributed by atoms with Crippen LogP contribution in [0.1, 0.15) is 38.3 Å². The second kappa shape index (κ2) is 7.21. The van der Waals surface area contributed by atoms with Crippen LogP contribution in [-0.2, 0) is 9.47 Å². The van der Waals surface area contributed by atoms with Gasteiger partial charge < -0.3 is 14.8 Å². The smallest absolute Gasteiger partial charge is 0.106 e. The van der Waals surface area contributed by atoms with E-state index in [-0.39, 0.29) is 5.60 Å². The van der Waals surface area contributed by atoms with Crippen LogP contribution in [-0.4, -0.2) is 32.5 Å². The van der Waals surface area contributed by atoms with Gasteiger partial charge in [0.2, 0.25) is 0 Å². The fourth-order valence-electron chi connectivity index (χ4n) is 2.76. The van der Waals surface area contributed by atoms with Gasteiger partial charge in [-0.3, -0.25) is 0 Å². The summed E-state index contributed by atoms with van der Waals surface area (Å²) in [6.45, 7) is 6.87. The third-order valence-electron chi connectivity index (χ3n) is 4.08. The van der Waals surface area contributed by atoms with E-state index in [1.165, 1.54) is 5.56 Å². The summed E-state index contributed by atoms with van der Waals surface area (Å²) in [5.74, 6) is 0.658. The first-order valence-corrected chi connectivity index (χ1v) is 7.56. The van der Waals surface area contributed by atoms with E-state index in [0.717, 1.165) is 26.0 Å². The van der Waals surface area contributed by atoms with E-state index < -0.39 is 0 Å². The molecule has 1 N–H and O–H groups in total.